The maximum atomic E-state index is 13.6. The second-order valence-corrected chi connectivity index (χ2v) is 9.28. The highest BCUT2D eigenvalue weighted by molar-refractivity contribution is 7.99. The summed E-state index contributed by atoms with van der Waals surface area (Å²) in [7, 11) is -1.93. The van der Waals surface area contributed by atoms with Crippen LogP contribution in [0.25, 0.3) is 0 Å². The van der Waals surface area contributed by atoms with Gasteiger partial charge in [0, 0.05) is 7.05 Å². The van der Waals surface area contributed by atoms with Crippen molar-refractivity contribution < 1.29 is 17.6 Å². The van der Waals surface area contributed by atoms with Gasteiger partial charge in [-0.1, -0.05) is 41.6 Å². The summed E-state index contributed by atoms with van der Waals surface area (Å²) < 4.78 is 40.3. The van der Waals surface area contributed by atoms with E-state index in [1.165, 1.54) is 22.8 Å². The predicted octanol–water partition coefficient (Wildman–Crippen LogP) is 2.97. The van der Waals surface area contributed by atoms with E-state index in [0.29, 0.717) is 5.16 Å². The quantitative estimate of drug-likeness (QED) is 0.575. The molecule has 29 heavy (non-hydrogen) atoms. The van der Waals surface area contributed by atoms with Crippen LogP contribution in [0.15, 0.2) is 58.6 Å². The van der Waals surface area contributed by atoms with Crippen LogP contribution >= 0.6 is 11.8 Å². The predicted molar refractivity (Wildman–Crippen MR) is 109 cm³/mol. The Kier molecular flexibility index (Phi) is 6.33. The number of rotatable bonds is 7. The number of nitrogens with zero attached hydrogens (tertiary/aromatic N) is 3. The van der Waals surface area contributed by atoms with Crippen molar-refractivity contribution in [2.45, 2.75) is 22.7 Å². The van der Waals surface area contributed by atoms with E-state index in [1.54, 1.807) is 37.4 Å². The number of hydrogen-bond acceptors (Lipinski definition) is 6. The molecule has 0 aliphatic carbocycles. The number of benzene rings is 2. The first-order chi connectivity index (χ1) is 13.8. The molecule has 7 nitrogen and oxygen atoms in total. The Morgan fingerprint density at radius 3 is 2.52 bits per heavy atom. The van der Waals surface area contributed by atoms with Gasteiger partial charge in [0.05, 0.1) is 16.3 Å². The number of thioether (sulfide) groups is 1. The van der Waals surface area contributed by atoms with Crippen molar-refractivity contribution in [1.82, 2.24) is 14.8 Å². The van der Waals surface area contributed by atoms with Crippen LogP contribution < -0.4 is 5.32 Å². The highest BCUT2D eigenvalue weighted by Gasteiger charge is 2.20. The van der Waals surface area contributed by atoms with Gasteiger partial charge in [0.2, 0.25) is 5.91 Å². The molecule has 0 unspecified atom stereocenters. The maximum absolute atomic E-state index is 13.6. The Balaban J connectivity index is 1.64. The molecule has 152 valence electrons. The van der Waals surface area contributed by atoms with Gasteiger partial charge in [-0.05, 0) is 31.2 Å². The van der Waals surface area contributed by atoms with Gasteiger partial charge in [-0.15, -0.1) is 10.2 Å². The summed E-state index contributed by atoms with van der Waals surface area (Å²) in [4.78, 5) is 12.3. The SMILES string of the molecule is Cc1ccc(S(=O)(=O)Cc2nnc(SCC(=O)Nc3ccccc3F)n2C)cc1. The molecule has 0 saturated heterocycles. The zero-order valence-electron chi connectivity index (χ0n) is 15.8. The minimum absolute atomic E-state index is 0.0228. The van der Waals surface area contributed by atoms with Gasteiger partial charge in [-0.3, -0.25) is 4.79 Å². The van der Waals surface area contributed by atoms with Crippen molar-refractivity contribution in [2.24, 2.45) is 7.05 Å². The van der Waals surface area contributed by atoms with E-state index >= 15 is 0 Å². The summed E-state index contributed by atoms with van der Waals surface area (Å²) in [6, 6.07) is 12.5. The number of hydrogen-bond donors (Lipinski definition) is 1. The number of aryl methyl sites for hydroxylation is 1. The molecular formula is C19H19FN4O3S2. The molecule has 0 fully saturated rings. The molecule has 0 bridgehead atoms. The monoisotopic (exact) mass is 434 g/mol. The maximum Gasteiger partial charge on any atom is 0.234 e. The third-order valence-electron chi connectivity index (χ3n) is 4.10. The van der Waals surface area contributed by atoms with E-state index in [2.05, 4.69) is 15.5 Å². The average Bonchev–Trinajstić information content (AvgIpc) is 3.01. The zero-order chi connectivity index (χ0) is 21.0. The largest absolute Gasteiger partial charge is 0.323 e. The van der Waals surface area contributed by atoms with Crippen LogP contribution in [0.4, 0.5) is 10.1 Å². The molecule has 0 saturated carbocycles. The van der Waals surface area contributed by atoms with Crippen molar-refractivity contribution in [3.05, 3.63) is 65.7 Å². The molecule has 0 spiro atoms. The van der Waals surface area contributed by atoms with Crippen LogP contribution in [0.3, 0.4) is 0 Å². The number of carbonyl (C=O) groups is 1. The minimum atomic E-state index is -3.57. The Morgan fingerprint density at radius 1 is 1.14 bits per heavy atom. The number of para-hydroxylation sites is 1. The lowest BCUT2D eigenvalue weighted by Gasteiger charge is -2.07. The topological polar surface area (TPSA) is 94.0 Å². The van der Waals surface area contributed by atoms with Gasteiger partial charge >= 0.3 is 0 Å². The second kappa shape index (κ2) is 8.75. The van der Waals surface area contributed by atoms with Crippen LogP contribution in [-0.2, 0) is 27.4 Å². The average molecular weight is 435 g/mol. The third-order valence-corrected chi connectivity index (χ3v) is 6.75. The standard InChI is InChI=1S/C19H19FN4O3S2/c1-13-7-9-14(10-8-13)29(26,27)12-17-22-23-19(24(17)2)28-11-18(25)21-16-6-4-3-5-15(16)20/h3-10H,11-12H2,1-2H3,(H,21,25). The highest BCUT2D eigenvalue weighted by atomic mass is 32.2. The molecule has 3 aromatic rings. The number of anilines is 1. The zero-order valence-corrected chi connectivity index (χ0v) is 17.4. The smallest absolute Gasteiger partial charge is 0.234 e. The van der Waals surface area contributed by atoms with Crippen LogP contribution in [-0.4, -0.2) is 34.8 Å². The van der Waals surface area contributed by atoms with Crippen molar-refractivity contribution in [2.75, 3.05) is 11.1 Å². The molecule has 10 heteroatoms. The summed E-state index contributed by atoms with van der Waals surface area (Å²) in [5, 5.41) is 10.8. The Bertz CT molecular complexity index is 1130. The first kappa shape index (κ1) is 21.0. The van der Waals surface area contributed by atoms with Gasteiger partial charge < -0.3 is 9.88 Å². The van der Waals surface area contributed by atoms with Gasteiger partial charge in [0.25, 0.3) is 0 Å². The van der Waals surface area contributed by atoms with Crippen LogP contribution in [0.5, 0.6) is 0 Å². The molecule has 0 radical (unpaired) electrons. The number of aromatic nitrogens is 3. The summed E-state index contributed by atoms with van der Waals surface area (Å²) in [5.74, 6) is -0.986. The number of amides is 1. The normalized spacial score (nSPS) is 11.4. The molecule has 1 N–H and O–H groups in total. The first-order valence-electron chi connectivity index (χ1n) is 8.61. The molecule has 0 aliphatic heterocycles. The van der Waals surface area contributed by atoms with Gasteiger partial charge in [0.1, 0.15) is 17.4 Å². The number of carbonyl (C=O) groups excluding carboxylic acids is 1. The summed E-state index contributed by atoms with van der Waals surface area (Å²) in [5.41, 5.74) is 1.07. The summed E-state index contributed by atoms with van der Waals surface area (Å²) in [6.45, 7) is 1.88. The van der Waals surface area contributed by atoms with Crippen molar-refractivity contribution >= 4 is 33.2 Å². The molecule has 0 aliphatic rings. The van der Waals surface area contributed by atoms with E-state index < -0.39 is 21.6 Å². The van der Waals surface area contributed by atoms with Crippen molar-refractivity contribution in [3.63, 3.8) is 0 Å². The Morgan fingerprint density at radius 2 is 1.83 bits per heavy atom. The van der Waals surface area contributed by atoms with E-state index in [4.69, 9.17) is 0 Å². The lowest BCUT2D eigenvalue weighted by atomic mass is 10.2. The molecule has 1 heterocycles. The van der Waals surface area contributed by atoms with E-state index in [1.807, 2.05) is 6.92 Å². The molecule has 1 amide bonds. The minimum Gasteiger partial charge on any atom is -0.323 e. The third kappa shape index (κ3) is 5.21. The molecular weight excluding hydrogens is 415 g/mol. The second-order valence-electron chi connectivity index (χ2n) is 6.35. The Hall–Kier alpha value is -2.72. The van der Waals surface area contributed by atoms with Gasteiger partial charge in [0.15, 0.2) is 15.0 Å². The molecule has 2 aromatic carbocycles. The van der Waals surface area contributed by atoms with Gasteiger partial charge in [-0.2, -0.15) is 0 Å². The summed E-state index contributed by atoms with van der Waals surface area (Å²) >= 11 is 1.08. The summed E-state index contributed by atoms with van der Waals surface area (Å²) in [6.07, 6.45) is 0. The van der Waals surface area contributed by atoms with Crippen molar-refractivity contribution in [1.29, 1.82) is 0 Å². The van der Waals surface area contributed by atoms with Crippen LogP contribution in [0, 0.1) is 12.7 Å². The van der Waals surface area contributed by atoms with Crippen LogP contribution in [0.2, 0.25) is 0 Å². The fourth-order valence-corrected chi connectivity index (χ4v) is 4.51. The lowest BCUT2D eigenvalue weighted by molar-refractivity contribution is -0.113. The molecule has 1 aromatic heterocycles. The molecule has 3 rings (SSSR count). The fraction of sp³-hybridized carbons (Fsp3) is 0.211. The lowest BCUT2D eigenvalue weighted by Crippen LogP contribution is -2.15. The van der Waals surface area contributed by atoms with Gasteiger partial charge in [-0.25, -0.2) is 12.8 Å². The van der Waals surface area contributed by atoms with E-state index in [9.17, 15) is 17.6 Å². The fourth-order valence-electron chi connectivity index (χ4n) is 2.47. The van der Waals surface area contributed by atoms with Crippen molar-refractivity contribution in [3.8, 4) is 0 Å². The highest BCUT2D eigenvalue weighted by Crippen LogP contribution is 2.21. The van der Waals surface area contributed by atoms with E-state index in [-0.39, 0.29) is 27.9 Å². The number of nitrogens with one attached hydrogen (secondary N) is 1. The first-order valence-corrected chi connectivity index (χ1v) is 11.2. The number of sulfone groups is 1. The number of halogens is 1. The Labute approximate surface area is 172 Å². The van der Waals surface area contributed by atoms with E-state index in [0.717, 1.165) is 17.3 Å². The van der Waals surface area contributed by atoms with Crippen LogP contribution in [0.1, 0.15) is 11.4 Å². The molecule has 0 atom stereocenters.